The quantitative estimate of drug-likeness (QED) is 0.703. The number of ether oxygens (including phenoxy) is 1. The third kappa shape index (κ3) is 4.64. The molecule has 0 aromatic heterocycles. The first-order valence-electron chi connectivity index (χ1n) is 10.6. The fourth-order valence-corrected chi connectivity index (χ4v) is 4.18. The Morgan fingerprint density at radius 3 is 2.61 bits per heavy atom. The van der Waals surface area contributed by atoms with Crippen LogP contribution in [0.5, 0.6) is 0 Å². The van der Waals surface area contributed by atoms with Crippen LogP contribution in [0.4, 0.5) is 0 Å². The van der Waals surface area contributed by atoms with Gasteiger partial charge >= 0.3 is 0 Å². The van der Waals surface area contributed by atoms with Crippen LogP contribution in [0, 0.1) is 5.92 Å². The molecule has 0 radical (unpaired) electrons. The van der Waals surface area contributed by atoms with Gasteiger partial charge in [0.1, 0.15) is 11.4 Å². The van der Waals surface area contributed by atoms with Gasteiger partial charge in [-0.25, -0.2) is 4.99 Å². The molecule has 1 atom stereocenters. The molecule has 0 amide bonds. The summed E-state index contributed by atoms with van der Waals surface area (Å²) in [5, 5.41) is 0. The number of nitrogens with two attached hydrogens (primary N) is 2. The van der Waals surface area contributed by atoms with E-state index in [1.165, 1.54) is 44.1 Å². The molecule has 4 N–H and O–H groups in total. The van der Waals surface area contributed by atoms with Crippen LogP contribution in [0.25, 0.3) is 0 Å². The molecule has 0 bridgehead atoms. The van der Waals surface area contributed by atoms with Crippen LogP contribution in [0.3, 0.4) is 0 Å². The average Bonchev–Trinajstić information content (AvgIpc) is 3.04. The number of hydrogen-bond acceptors (Lipinski definition) is 5. The smallest absolute Gasteiger partial charge is 0.239 e. The Labute approximate surface area is 169 Å². The van der Waals surface area contributed by atoms with Gasteiger partial charge in [0.2, 0.25) is 11.6 Å². The van der Waals surface area contributed by atoms with E-state index in [0.29, 0.717) is 35.5 Å². The number of nitrogens with zero attached hydrogens (tertiary/aromatic N) is 2. The maximum atomic E-state index is 6.49. The first-order chi connectivity index (χ1) is 13.4. The minimum Gasteiger partial charge on any atom is -0.449 e. The van der Waals surface area contributed by atoms with E-state index in [4.69, 9.17) is 21.2 Å². The molecule has 1 fully saturated rings. The summed E-state index contributed by atoms with van der Waals surface area (Å²) in [6, 6.07) is 0. The van der Waals surface area contributed by atoms with Crippen molar-refractivity contribution in [1.82, 2.24) is 0 Å². The Morgan fingerprint density at radius 2 is 1.96 bits per heavy atom. The topological polar surface area (TPSA) is 86.0 Å². The highest BCUT2D eigenvalue weighted by Crippen LogP contribution is 2.33. The van der Waals surface area contributed by atoms with Crippen molar-refractivity contribution in [3.05, 3.63) is 46.8 Å². The summed E-state index contributed by atoms with van der Waals surface area (Å²) in [4.78, 5) is 9.18. The predicted octanol–water partition coefficient (Wildman–Crippen LogP) is 4.52. The first-order valence-corrected chi connectivity index (χ1v) is 10.6. The zero-order chi connectivity index (χ0) is 20.1. The Kier molecular flexibility index (Phi) is 6.55. The van der Waals surface area contributed by atoms with Gasteiger partial charge in [-0.05, 0) is 46.0 Å². The highest BCUT2D eigenvalue weighted by Gasteiger charge is 2.37. The Bertz CT molecular complexity index is 768. The van der Waals surface area contributed by atoms with E-state index in [0.717, 1.165) is 12.0 Å². The fourth-order valence-electron chi connectivity index (χ4n) is 4.18. The van der Waals surface area contributed by atoms with E-state index < -0.39 is 5.72 Å². The van der Waals surface area contributed by atoms with Gasteiger partial charge in [0.25, 0.3) is 0 Å². The molecule has 1 unspecified atom stereocenters. The van der Waals surface area contributed by atoms with Crippen molar-refractivity contribution < 1.29 is 4.74 Å². The number of rotatable bonds is 3. The van der Waals surface area contributed by atoms with Crippen molar-refractivity contribution in [2.45, 2.75) is 71.4 Å². The highest BCUT2D eigenvalue weighted by molar-refractivity contribution is 6.14. The average molecular weight is 383 g/mol. The van der Waals surface area contributed by atoms with Crippen molar-refractivity contribution >= 4 is 11.6 Å². The third-order valence-corrected chi connectivity index (χ3v) is 5.66. The van der Waals surface area contributed by atoms with Crippen molar-refractivity contribution in [2.24, 2.45) is 27.4 Å². The van der Waals surface area contributed by atoms with Crippen molar-refractivity contribution in [2.75, 3.05) is 6.54 Å². The predicted molar refractivity (Wildman–Crippen MR) is 117 cm³/mol. The van der Waals surface area contributed by atoms with E-state index >= 15 is 0 Å². The Morgan fingerprint density at radius 1 is 1.25 bits per heavy atom. The van der Waals surface area contributed by atoms with Crippen LogP contribution in [0.2, 0.25) is 0 Å². The monoisotopic (exact) mass is 382 g/mol. The zero-order valence-corrected chi connectivity index (χ0v) is 17.5. The van der Waals surface area contributed by atoms with Crippen LogP contribution >= 0.6 is 0 Å². The molecule has 0 spiro atoms. The number of allylic oxidation sites excluding steroid dienone is 6. The first kappa shape index (κ1) is 20.6. The van der Waals surface area contributed by atoms with Gasteiger partial charge in [0, 0.05) is 17.8 Å². The van der Waals surface area contributed by atoms with E-state index in [-0.39, 0.29) is 0 Å². The van der Waals surface area contributed by atoms with E-state index in [1.807, 2.05) is 20.8 Å². The molecule has 2 aliphatic carbocycles. The molecule has 3 rings (SSSR count). The second-order valence-electron chi connectivity index (χ2n) is 8.14. The summed E-state index contributed by atoms with van der Waals surface area (Å²) in [5.74, 6) is 1.12. The van der Waals surface area contributed by atoms with Gasteiger partial charge in [-0.2, -0.15) is 0 Å². The van der Waals surface area contributed by atoms with Crippen LogP contribution in [0.15, 0.2) is 56.8 Å². The minimum absolute atomic E-state index is 0.420. The molecule has 5 heteroatoms. The van der Waals surface area contributed by atoms with Crippen molar-refractivity contribution in [3.63, 3.8) is 0 Å². The van der Waals surface area contributed by atoms with Gasteiger partial charge < -0.3 is 10.5 Å². The van der Waals surface area contributed by atoms with Crippen LogP contribution in [0.1, 0.15) is 65.7 Å². The number of aliphatic imine (C=N–C) groups is 2. The summed E-state index contributed by atoms with van der Waals surface area (Å²) >= 11 is 0. The standard InChI is InChI=1S/C23H34N4O/c1-4-26-22-20(16(2)24)27-21(23(3,25)28-22)19-13-9-12-18(14-15-19)17-10-7-5-6-8-11-17/h9,13-15,17H,4-8,10-12,24-25H2,1-3H3/b20-16-,26-22?. The molecule has 3 aliphatic rings. The van der Waals surface area contributed by atoms with Gasteiger partial charge in [0.15, 0.2) is 0 Å². The zero-order valence-electron chi connectivity index (χ0n) is 17.5. The number of hydrogen-bond donors (Lipinski definition) is 2. The maximum absolute atomic E-state index is 6.49. The molecule has 1 saturated carbocycles. The van der Waals surface area contributed by atoms with Crippen LogP contribution < -0.4 is 11.5 Å². The fraction of sp³-hybridized carbons (Fsp3) is 0.565. The maximum Gasteiger partial charge on any atom is 0.239 e. The molecule has 0 aromatic rings. The lowest BCUT2D eigenvalue weighted by atomic mass is 9.89. The summed E-state index contributed by atoms with van der Waals surface area (Å²) in [7, 11) is 0. The largest absolute Gasteiger partial charge is 0.449 e. The summed E-state index contributed by atoms with van der Waals surface area (Å²) in [6.45, 7) is 6.17. The van der Waals surface area contributed by atoms with Crippen LogP contribution in [-0.4, -0.2) is 23.9 Å². The molecule has 0 aromatic carbocycles. The van der Waals surface area contributed by atoms with Gasteiger partial charge in [-0.1, -0.05) is 55.6 Å². The molecular weight excluding hydrogens is 348 g/mol. The van der Waals surface area contributed by atoms with E-state index in [9.17, 15) is 0 Å². The normalized spacial score (nSPS) is 30.0. The van der Waals surface area contributed by atoms with Crippen molar-refractivity contribution in [1.29, 1.82) is 0 Å². The second-order valence-corrected chi connectivity index (χ2v) is 8.14. The Hall–Kier alpha value is -2.14. The van der Waals surface area contributed by atoms with E-state index in [2.05, 4.69) is 29.3 Å². The molecule has 1 heterocycles. The third-order valence-electron chi connectivity index (χ3n) is 5.66. The molecular formula is C23H34N4O. The lowest BCUT2D eigenvalue weighted by Crippen LogP contribution is -2.52. The second kappa shape index (κ2) is 8.91. The summed E-state index contributed by atoms with van der Waals surface area (Å²) < 4.78 is 6.02. The highest BCUT2D eigenvalue weighted by atomic mass is 16.5. The molecule has 0 saturated heterocycles. The lowest BCUT2D eigenvalue weighted by Gasteiger charge is -2.33. The van der Waals surface area contributed by atoms with Gasteiger partial charge in [0.05, 0.1) is 0 Å². The molecule has 5 nitrogen and oxygen atoms in total. The van der Waals surface area contributed by atoms with Crippen molar-refractivity contribution in [3.8, 4) is 0 Å². The molecule has 28 heavy (non-hydrogen) atoms. The summed E-state index contributed by atoms with van der Waals surface area (Å²) in [5.41, 5.74) is 15.8. The van der Waals surface area contributed by atoms with Crippen LogP contribution in [-0.2, 0) is 4.74 Å². The van der Waals surface area contributed by atoms with Gasteiger partial charge in [-0.3, -0.25) is 10.7 Å². The molecule has 1 aliphatic heterocycles. The Balaban J connectivity index is 1.95. The van der Waals surface area contributed by atoms with Gasteiger partial charge in [-0.15, -0.1) is 0 Å². The molecule has 152 valence electrons. The lowest BCUT2D eigenvalue weighted by molar-refractivity contribution is 0.150. The minimum atomic E-state index is -1.05. The summed E-state index contributed by atoms with van der Waals surface area (Å²) in [6.07, 6.45) is 17.8. The SMILES string of the molecule is CCN=C1OC(C)(N)C(C2=CC=C(C3CCCCCC3)CC=C2)=N/C1=C(/C)N. The van der Waals surface area contributed by atoms with E-state index in [1.54, 1.807) is 0 Å².